The number of benzene rings is 2. The van der Waals surface area contributed by atoms with E-state index < -0.39 is 0 Å². The van der Waals surface area contributed by atoms with E-state index in [2.05, 4.69) is 42.6 Å². The molecule has 2 nitrogen and oxygen atoms in total. The van der Waals surface area contributed by atoms with Crippen molar-refractivity contribution in [2.75, 3.05) is 11.1 Å². The molecule has 0 heterocycles. The van der Waals surface area contributed by atoms with E-state index in [9.17, 15) is 0 Å². The van der Waals surface area contributed by atoms with Crippen LogP contribution in [-0.2, 0) is 6.42 Å². The average molecular weight is 226 g/mol. The highest BCUT2D eigenvalue weighted by atomic mass is 14.9. The van der Waals surface area contributed by atoms with E-state index in [1.54, 1.807) is 0 Å². The summed E-state index contributed by atoms with van der Waals surface area (Å²) in [6, 6.07) is 14.4. The van der Waals surface area contributed by atoms with Gasteiger partial charge in [0.1, 0.15) is 0 Å². The summed E-state index contributed by atoms with van der Waals surface area (Å²) >= 11 is 0. The maximum atomic E-state index is 5.98. The second kappa shape index (κ2) is 4.91. The van der Waals surface area contributed by atoms with Crippen LogP contribution in [0.3, 0.4) is 0 Å². The van der Waals surface area contributed by atoms with E-state index in [4.69, 9.17) is 5.73 Å². The van der Waals surface area contributed by atoms with Gasteiger partial charge in [0.2, 0.25) is 0 Å². The number of rotatable bonds is 3. The highest BCUT2D eigenvalue weighted by molar-refractivity contribution is 5.73. The number of hydrogen-bond donors (Lipinski definition) is 2. The summed E-state index contributed by atoms with van der Waals surface area (Å²) in [5, 5.41) is 3.35. The van der Waals surface area contributed by atoms with Crippen LogP contribution in [0.2, 0.25) is 0 Å². The Kier molecular flexibility index (Phi) is 3.33. The van der Waals surface area contributed by atoms with Crippen molar-refractivity contribution in [3.8, 4) is 0 Å². The van der Waals surface area contributed by atoms with Gasteiger partial charge in [0.05, 0.1) is 11.4 Å². The van der Waals surface area contributed by atoms with Crippen LogP contribution in [-0.4, -0.2) is 0 Å². The maximum Gasteiger partial charge on any atom is 0.0618 e. The van der Waals surface area contributed by atoms with Crippen LogP contribution in [0.4, 0.5) is 17.1 Å². The number of aryl methyl sites for hydroxylation is 2. The fourth-order valence-corrected chi connectivity index (χ4v) is 1.82. The van der Waals surface area contributed by atoms with E-state index in [0.29, 0.717) is 0 Å². The SMILES string of the molecule is CCc1cccc(Nc2ccc(C)cc2N)c1. The number of nitrogens with one attached hydrogen (secondary N) is 1. The highest BCUT2D eigenvalue weighted by Crippen LogP contribution is 2.24. The summed E-state index contributed by atoms with van der Waals surface area (Å²) in [7, 11) is 0. The first-order valence-corrected chi connectivity index (χ1v) is 5.91. The zero-order valence-corrected chi connectivity index (χ0v) is 10.3. The molecule has 2 aromatic rings. The van der Waals surface area contributed by atoms with Gasteiger partial charge in [0.15, 0.2) is 0 Å². The standard InChI is InChI=1S/C15H18N2/c1-3-12-5-4-6-13(10-12)17-15-8-7-11(2)9-14(15)16/h4-10,17H,3,16H2,1-2H3. The fraction of sp³-hybridized carbons (Fsp3) is 0.200. The van der Waals surface area contributed by atoms with Crippen molar-refractivity contribution in [1.82, 2.24) is 0 Å². The molecule has 2 heteroatoms. The van der Waals surface area contributed by atoms with Crippen LogP contribution in [0.25, 0.3) is 0 Å². The van der Waals surface area contributed by atoms with Crippen molar-refractivity contribution in [3.05, 3.63) is 53.6 Å². The third-order valence-electron chi connectivity index (χ3n) is 2.82. The minimum atomic E-state index is 0.784. The molecule has 0 amide bonds. The third kappa shape index (κ3) is 2.78. The van der Waals surface area contributed by atoms with Gasteiger partial charge in [0, 0.05) is 5.69 Å². The van der Waals surface area contributed by atoms with Gasteiger partial charge < -0.3 is 11.1 Å². The van der Waals surface area contributed by atoms with Crippen LogP contribution < -0.4 is 11.1 Å². The van der Waals surface area contributed by atoms with E-state index in [1.807, 2.05) is 19.1 Å². The molecule has 2 rings (SSSR count). The van der Waals surface area contributed by atoms with Crippen molar-refractivity contribution in [1.29, 1.82) is 0 Å². The molecule has 0 bridgehead atoms. The minimum Gasteiger partial charge on any atom is -0.397 e. The van der Waals surface area contributed by atoms with Crippen molar-refractivity contribution < 1.29 is 0 Å². The van der Waals surface area contributed by atoms with Gasteiger partial charge in [-0.2, -0.15) is 0 Å². The summed E-state index contributed by atoms with van der Waals surface area (Å²) in [5.41, 5.74) is 11.3. The van der Waals surface area contributed by atoms with Crippen molar-refractivity contribution in [3.63, 3.8) is 0 Å². The molecule has 3 N–H and O–H groups in total. The van der Waals surface area contributed by atoms with Gasteiger partial charge >= 0.3 is 0 Å². The average Bonchev–Trinajstić information content (AvgIpc) is 2.33. The Bertz CT molecular complexity index is 518. The van der Waals surface area contributed by atoms with Gasteiger partial charge in [-0.05, 0) is 48.7 Å². The summed E-state index contributed by atoms with van der Waals surface area (Å²) in [6.07, 6.45) is 1.04. The lowest BCUT2D eigenvalue weighted by Gasteiger charge is -2.10. The predicted octanol–water partition coefficient (Wildman–Crippen LogP) is 3.88. The first kappa shape index (κ1) is 11.5. The smallest absolute Gasteiger partial charge is 0.0618 e. The molecule has 17 heavy (non-hydrogen) atoms. The molecule has 0 saturated carbocycles. The van der Waals surface area contributed by atoms with Crippen LogP contribution in [0.1, 0.15) is 18.1 Å². The molecule has 0 aliphatic carbocycles. The molecule has 0 aliphatic heterocycles. The first-order valence-electron chi connectivity index (χ1n) is 5.91. The Morgan fingerprint density at radius 1 is 1.12 bits per heavy atom. The van der Waals surface area contributed by atoms with E-state index in [1.165, 1.54) is 11.1 Å². The second-order valence-corrected chi connectivity index (χ2v) is 4.27. The highest BCUT2D eigenvalue weighted by Gasteiger charge is 2.00. The Hall–Kier alpha value is -1.96. The maximum absolute atomic E-state index is 5.98. The molecule has 0 aromatic heterocycles. The predicted molar refractivity (Wildman–Crippen MR) is 74.7 cm³/mol. The second-order valence-electron chi connectivity index (χ2n) is 4.27. The molecule has 0 fully saturated rings. The summed E-state index contributed by atoms with van der Waals surface area (Å²) in [5.74, 6) is 0. The Labute approximate surface area is 102 Å². The number of anilines is 3. The zero-order chi connectivity index (χ0) is 12.3. The van der Waals surface area contributed by atoms with E-state index >= 15 is 0 Å². The van der Waals surface area contributed by atoms with Crippen molar-refractivity contribution in [2.24, 2.45) is 0 Å². The number of hydrogen-bond acceptors (Lipinski definition) is 2. The summed E-state index contributed by atoms with van der Waals surface area (Å²) < 4.78 is 0. The van der Waals surface area contributed by atoms with Crippen molar-refractivity contribution >= 4 is 17.1 Å². The molecule has 0 atom stereocenters. The molecule has 0 unspecified atom stereocenters. The number of nitrogen functional groups attached to an aromatic ring is 1. The Balaban J connectivity index is 2.25. The van der Waals surface area contributed by atoms with Gasteiger partial charge in [-0.15, -0.1) is 0 Å². The van der Waals surface area contributed by atoms with Crippen LogP contribution >= 0.6 is 0 Å². The first-order chi connectivity index (χ1) is 8.19. The van der Waals surface area contributed by atoms with Gasteiger partial charge in [-0.25, -0.2) is 0 Å². The van der Waals surface area contributed by atoms with Gasteiger partial charge in [0.25, 0.3) is 0 Å². The molecule has 2 aromatic carbocycles. The Morgan fingerprint density at radius 3 is 2.65 bits per heavy atom. The summed E-state index contributed by atoms with van der Waals surface area (Å²) in [4.78, 5) is 0. The minimum absolute atomic E-state index is 0.784. The summed E-state index contributed by atoms with van der Waals surface area (Å²) in [6.45, 7) is 4.19. The molecule has 88 valence electrons. The molecule has 0 radical (unpaired) electrons. The topological polar surface area (TPSA) is 38.0 Å². The van der Waals surface area contributed by atoms with Crippen LogP contribution in [0.15, 0.2) is 42.5 Å². The molecular weight excluding hydrogens is 208 g/mol. The fourth-order valence-electron chi connectivity index (χ4n) is 1.82. The van der Waals surface area contributed by atoms with Crippen LogP contribution in [0, 0.1) is 6.92 Å². The van der Waals surface area contributed by atoms with Crippen LogP contribution in [0.5, 0.6) is 0 Å². The number of nitrogens with two attached hydrogens (primary N) is 1. The molecule has 0 saturated heterocycles. The largest absolute Gasteiger partial charge is 0.397 e. The quantitative estimate of drug-likeness (QED) is 0.779. The lowest BCUT2D eigenvalue weighted by atomic mass is 10.1. The van der Waals surface area contributed by atoms with Gasteiger partial charge in [-0.3, -0.25) is 0 Å². The van der Waals surface area contributed by atoms with Gasteiger partial charge in [-0.1, -0.05) is 25.1 Å². The molecule has 0 aliphatic rings. The normalized spacial score (nSPS) is 10.2. The zero-order valence-electron chi connectivity index (χ0n) is 10.3. The molecule has 0 spiro atoms. The molecular formula is C15H18N2. The van der Waals surface area contributed by atoms with E-state index in [-0.39, 0.29) is 0 Å². The lowest BCUT2D eigenvalue weighted by molar-refractivity contribution is 1.14. The van der Waals surface area contributed by atoms with Crippen molar-refractivity contribution in [2.45, 2.75) is 20.3 Å². The Morgan fingerprint density at radius 2 is 1.94 bits per heavy atom. The lowest BCUT2D eigenvalue weighted by Crippen LogP contribution is -1.97. The third-order valence-corrected chi connectivity index (χ3v) is 2.82. The monoisotopic (exact) mass is 226 g/mol. The van der Waals surface area contributed by atoms with E-state index in [0.717, 1.165) is 23.5 Å².